The number of phenolic OH excluding ortho intramolecular Hbond substituents is 1. The molecule has 23 heavy (non-hydrogen) atoms. The van der Waals surface area contributed by atoms with E-state index in [1.165, 1.54) is 18.2 Å². The molecule has 0 aliphatic carbocycles. The zero-order valence-corrected chi connectivity index (χ0v) is 14.6. The molecule has 2 bridgehead atoms. The van der Waals surface area contributed by atoms with Crippen LogP contribution in [0.2, 0.25) is 0 Å². The van der Waals surface area contributed by atoms with Gasteiger partial charge < -0.3 is 20.5 Å². The maximum absolute atomic E-state index is 12.2. The molecule has 3 rings (SSSR count). The third kappa shape index (κ3) is 3.03. The Balaban J connectivity index is 0.00000192. The third-order valence-corrected chi connectivity index (χ3v) is 3.89. The van der Waals surface area contributed by atoms with Gasteiger partial charge in [0.15, 0.2) is 0 Å². The van der Waals surface area contributed by atoms with E-state index in [-0.39, 0.29) is 47.4 Å². The molecule has 0 radical (unpaired) electrons. The number of amides is 3. The molecule has 2 aliphatic rings. The monoisotopic (exact) mass is 351 g/mol. The smallest absolute Gasteiger partial charge is 0.666 e. The van der Waals surface area contributed by atoms with Crippen LogP contribution in [-0.4, -0.2) is 46.5 Å². The Morgan fingerprint density at radius 3 is 2.57 bits per heavy atom. The molecule has 1 aromatic carbocycles. The Hall–Kier alpha value is -1.37. The van der Waals surface area contributed by atoms with E-state index in [1.807, 2.05) is 0 Å². The van der Waals surface area contributed by atoms with E-state index < -0.39 is 34.4 Å². The first kappa shape index (κ1) is 18.0. The summed E-state index contributed by atoms with van der Waals surface area (Å²) < 4.78 is 34.8. The van der Waals surface area contributed by atoms with E-state index >= 15 is 0 Å². The third-order valence-electron chi connectivity index (χ3n) is 3.55. The molecule has 0 unspecified atom stereocenters. The van der Waals surface area contributed by atoms with E-state index in [4.69, 9.17) is 10.3 Å². The number of carbonyl (C=O) groups excluding carboxylic acids is 2. The Labute approximate surface area is 153 Å². The maximum Gasteiger partial charge on any atom is 1.00 e. The molecule has 10 nitrogen and oxygen atoms in total. The summed E-state index contributed by atoms with van der Waals surface area (Å²) in [6.45, 7) is -0.111. The van der Waals surface area contributed by atoms with Crippen molar-refractivity contribution in [1.29, 1.82) is 0 Å². The van der Waals surface area contributed by atoms with Crippen LogP contribution in [0.1, 0.15) is 23.2 Å². The number of carbonyl (C=O) groups is 2. The Morgan fingerprint density at radius 1 is 1.35 bits per heavy atom. The molecule has 0 spiro atoms. The van der Waals surface area contributed by atoms with Gasteiger partial charge in [-0.1, -0.05) is 6.07 Å². The molecule has 1 fully saturated rings. The number of fused-ring (bicyclic) bond motifs is 4. The summed E-state index contributed by atoms with van der Waals surface area (Å²) in [4.78, 5) is 24.7. The molecule has 12 heteroatoms. The van der Waals surface area contributed by atoms with Crippen LogP contribution >= 0.6 is 0 Å². The molecule has 3 N–H and O–H groups in total. The number of nitrogens with zero attached hydrogens (tertiary/aromatic N) is 2. The molecule has 2 atom stereocenters. The molecular formula is C11H10N3NaO7S. The largest absolute Gasteiger partial charge is 1.00 e. The second-order valence-electron chi connectivity index (χ2n) is 4.86. The fourth-order valence-electron chi connectivity index (χ4n) is 2.77. The van der Waals surface area contributed by atoms with E-state index in [9.17, 15) is 23.1 Å². The van der Waals surface area contributed by atoms with Crippen molar-refractivity contribution in [2.75, 3.05) is 6.54 Å². The van der Waals surface area contributed by atoms with Gasteiger partial charge in [-0.2, -0.15) is 13.5 Å². The first-order chi connectivity index (χ1) is 10.2. The van der Waals surface area contributed by atoms with Gasteiger partial charge in [-0.3, -0.25) is 4.55 Å². The fraction of sp³-hybridized carbons (Fsp3) is 0.273. The summed E-state index contributed by atoms with van der Waals surface area (Å²) >= 11 is 0. The first-order valence-corrected chi connectivity index (χ1v) is 7.40. The Morgan fingerprint density at radius 2 is 2.00 bits per heavy atom. The van der Waals surface area contributed by atoms with E-state index in [2.05, 4.69) is 4.28 Å². The molecule has 1 aromatic rings. The standard InChI is InChI=1S/C11H11N3O7S.Na/c12-10(16)9-6-2-1-5(15)3-7(6)8-4-13(9)11(17)14(8)21-22(18,19)20;/h1-3,8-9H,4H2,(H4,12,15,16,18,19,20);/q;+1/p-1/t8-,9+;/m0./s1. The van der Waals surface area contributed by atoms with Gasteiger partial charge in [0.1, 0.15) is 17.8 Å². The number of hydrogen-bond acceptors (Lipinski definition) is 6. The maximum atomic E-state index is 12.2. The van der Waals surface area contributed by atoms with Crippen molar-refractivity contribution < 1.29 is 61.5 Å². The summed E-state index contributed by atoms with van der Waals surface area (Å²) in [7, 11) is -4.95. The second kappa shape index (κ2) is 5.92. The fourth-order valence-corrected chi connectivity index (χ4v) is 3.15. The number of hydroxylamine groups is 2. The van der Waals surface area contributed by atoms with Gasteiger partial charge in [-0.25, -0.2) is 4.79 Å². The normalized spacial score (nSPS) is 22.6. The van der Waals surface area contributed by atoms with Crippen LogP contribution in [0.4, 0.5) is 4.79 Å². The van der Waals surface area contributed by atoms with Gasteiger partial charge in [-0.15, -0.1) is 4.28 Å². The molecule has 0 saturated carbocycles. The Kier molecular flexibility index (Phi) is 4.63. The van der Waals surface area contributed by atoms with Crippen molar-refractivity contribution in [3.05, 3.63) is 35.1 Å². The van der Waals surface area contributed by atoms with Crippen LogP contribution in [0, 0.1) is 0 Å². The average molecular weight is 351 g/mol. The Bertz CT molecular complexity index is 784. The molecular weight excluding hydrogens is 341 g/mol. The zero-order chi connectivity index (χ0) is 16.2. The number of benzene rings is 1. The SMILES string of the molecule is [NH-]C(=O)[C@H]1c2ccc(O)cc2[C@@H]2CN1C(=O)N2OS(=O)(=O)O.[Na+]. The molecule has 2 aliphatic heterocycles. The van der Waals surface area contributed by atoms with Crippen molar-refractivity contribution in [2.24, 2.45) is 0 Å². The quantitative estimate of drug-likeness (QED) is 0.453. The molecule has 0 aromatic heterocycles. The molecule has 3 amide bonds. The van der Waals surface area contributed by atoms with Crippen molar-refractivity contribution in [1.82, 2.24) is 9.96 Å². The van der Waals surface area contributed by atoms with Gasteiger partial charge in [0, 0.05) is 0 Å². The van der Waals surface area contributed by atoms with Crippen LogP contribution in [0.25, 0.3) is 5.73 Å². The van der Waals surface area contributed by atoms with Crippen LogP contribution in [-0.2, 0) is 19.5 Å². The van der Waals surface area contributed by atoms with Crippen LogP contribution in [0.3, 0.4) is 0 Å². The van der Waals surface area contributed by atoms with E-state index in [0.29, 0.717) is 10.6 Å². The zero-order valence-electron chi connectivity index (χ0n) is 11.8. The van der Waals surface area contributed by atoms with Crippen LogP contribution < -0.4 is 29.6 Å². The van der Waals surface area contributed by atoms with E-state index in [1.54, 1.807) is 0 Å². The van der Waals surface area contributed by atoms with Gasteiger partial charge in [0.2, 0.25) is 0 Å². The molecule has 118 valence electrons. The van der Waals surface area contributed by atoms with Gasteiger partial charge in [0.05, 0.1) is 12.5 Å². The summed E-state index contributed by atoms with van der Waals surface area (Å²) in [6, 6.07) is 0.793. The van der Waals surface area contributed by atoms with Crippen LogP contribution in [0.5, 0.6) is 5.75 Å². The first-order valence-electron chi connectivity index (χ1n) is 6.04. The number of phenols is 1. The second-order valence-corrected chi connectivity index (χ2v) is 5.86. The number of aromatic hydroxyl groups is 1. The van der Waals surface area contributed by atoms with Crippen molar-refractivity contribution in [3.63, 3.8) is 0 Å². The minimum Gasteiger partial charge on any atom is -0.666 e. The van der Waals surface area contributed by atoms with Crippen molar-refractivity contribution >= 4 is 22.3 Å². The van der Waals surface area contributed by atoms with Gasteiger partial charge in [0.25, 0.3) is 0 Å². The summed E-state index contributed by atoms with van der Waals surface area (Å²) in [5.74, 6) is -1.22. The minimum atomic E-state index is -4.95. The minimum absolute atomic E-state index is 0. The van der Waals surface area contributed by atoms with Crippen LogP contribution in [0.15, 0.2) is 18.2 Å². The predicted molar refractivity (Wildman–Crippen MR) is 69.5 cm³/mol. The molecule has 1 saturated heterocycles. The molecule has 2 heterocycles. The average Bonchev–Trinajstić information content (AvgIpc) is 2.65. The number of urea groups is 1. The number of rotatable bonds is 3. The summed E-state index contributed by atoms with van der Waals surface area (Å²) in [5, 5.41) is 9.98. The van der Waals surface area contributed by atoms with Gasteiger partial charge >= 0.3 is 46.0 Å². The van der Waals surface area contributed by atoms with Gasteiger partial charge in [-0.05, 0) is 23.3 Å². The summed E-state index contributed by atoms with van der Waals surface area (Å²) in [5.41, 5.74) is 7.89. The number of nitrogens with one attached hydrogen (secondary N) is 1. The van der Waals surface area contributed by atoms with Crippen molar-refractivity contribution in [3.8, 4) is 5.75 Å². The van der Waals surface area contributed by atoms with Crippen molar-refractivity contribution in [2.45, 2.75) is 12.1 Å². The topological polar surface area (TPSA) is 148 Å². The summed E-state index contributed by atoms with van der Waals surface area (Å²) in [6.07, 6.45) is 0. The predicted octanol–water partition coefficient (Wildman–Crippen LogP) is -2.46. The number of hydrogen-bond donors (Lipinski definition) is 2. The van der Waals surface area contributed by atoms with E-state index in [0.717, 1.165) is 4.90 Å².